The summed E-state index contributed by atoms with van der Waals surface area (Å²) in [6, 6.07) is 9.10. The van der Waals surface area contributed by atoms with Crippen LogP contribution >= 0.6 is 0 Å². The van der Waals surface area contributed by atoms with E-state index < -0.39 is 11.1 Å². The van der Waals surface area contributed by atoms with E-state index in [1.165, 1.54) is 19.3 Å². The van der Waals surface area contributed by atoms with Gasteiger partial charge in [-0.2, -0.15) is 10.1 Å². The van der Waals surface area contributed by atoms with Gasteiger partial charge in [0.25, 0.3) is 0 Å². The quantitative estimate of drug-likeness (QED) is 0.286. The molecule has 1 aromatic rings. The van der Waals surface area contributed by atoms with Crippen LogP contribution in [0.1, 0.15) is 130 Å². The van der Waals surface area contributed by atoms with Crippen LogP contribution in [0.15, 0.2) is 30.3 Å². The van der Waals surface area contributed by atoms with Crippen LogP contribution in [0.5, 0.6) is 0 Å². The number of rotatable bonds is 9. The molecule has 3 fully saturated rings. The van der Waals surface area contributed by atoms with E-state index in [9.17, 15) is 9.59 Å². The highest BCUT2D eigenvalue weighted by Crippen LogP contribution is 2.42. The van der Waals surface area contributed by atoms with Crippen molar-refractivity contribution in [2.24, 2.45) is 0 Å². The molecule has 0 unspecified atom stereocenters. The average Bonchev–Trinajstić information content (AvgIpc) is 2.88. The molecule has 4 rings (SSSR count). The third kappa shape index (κ3) is 8.13. The van der Waals surface area contributed by atoms with Gasteiger partial charge < -0.3 is 9.47 Å². The van der Waals surface area contributed by atoms with E-state index in [0.29, 0.717) is 18.4 Å². The smallest absolute Gasteiger partial charge is 0.338 e. The second kappa shape index (κ2) is 12.9. The molecule has 42 heavy (non-hydrogen) atoms. The van der Waals surface area contributed by atoms with Crippen LogP contribution in [0.25, 0.3) is 0 Å². The Balaban J connectivity index is 1.27. The third-order valence-corrected chi connectivity index (χ3v) is 9.02. The van der Waals surface area contributed by atoms with Gasteiger partial charge in [0.15, 0.2) is 0 Å². The number of nitrogens with zero attached hydrogens (tertiary/aromatic N) is 2. The Bertz CT molecular complexity index is 1030. The Morgan fingerprint density at radius 1 is 0.690 bits per heavy atom. The third-order valence-electron chi connectivity index (χ3n) is 9.02. The molecule has 1 aromatic carbocycles. The first-order valence-corrected chi connectivity index (χ1v) is 15.9. The zero-order valence-corrected chi connectivity index (χ0v) is 27.2. The highest BCUT2D eigenvalue weighted by atomic mass is 16.7. The van der Waals surface area contributed by atoms with Crippen molar-refractivity contribution < 1.29 is 28.7 Å². The maximum atomic E-state index is 13.0. The summed E-state index contributed by atoms with van der Waals surface area (Å²) >= 11 is 0. The van der Waals surface area contributed by atoms with Crippen LogP contribution < -0.4 is 0 Å². The molecule has 0 amide bonds. The first-order valence-electron chi connectivity index (χ1n) is 15.9. The minimum absolute atomic E-state index is 0.170. The first kappa shape index (κ1) is 32.9. The zero-order chi connectivity index (χ0) is 30.8. The van der Waals surface area contributed by atoms with E-state index in [1.54, 1.807) is 12.1 Å². The van der Waals surface area contributed by atoms with Crippen molar-refractivity contribution in [3.8, 4) is 0 Å². The number of carbonyl (C=O) groups is 2. The molecule has 0 radical (unpaired) electrons. The fourth-order valence-electron chi connectivity index (χ4n) is 7.72. The SMILES string of the molecule is CC1(C)CC(OC(=O)c2ccccc2)CC(C)(C)N1OCCC(=O)OC1CC(C)(C)N(OC2CCCCC2)C(C)(C)C1. The highest BCUT2D eigenvalue weighted by molar-refractivity contribution is 5.89. The molecule has 8 nitrogen and oxygen atoms in total. The summed E-state index contributed by atoms with van der Waals surface area (Å²) in [6.45, 7) is 17.3. The minimum atomic E-state index is -0.396. The number of benzene rings is 1. The fourth-order valence-corrected chi connectivity index (χ4v) is 7.72. The number of carbonyl (C=O) groups excluding carboxylic acids is 2. The molecule has 8 heteroatoms. The van der Waals surface area contributed by atoms with Gasteiger partial charge in [-0.25, -0.2) is 4.79 Å². The lowest BCUT2D eigenvalue weighted by molar-refractivity contribution is -0.318. The summed E-state index contributed by atoms with van der Waals surface area (Å²) in [5.74, 6) is -0.544. The molecule has 236 valence electrons. The molecule has 0 spiro atoms. The molecule has 2 aliphatic heterocycles. The lowest BCUT2D eigenvalue weighted by Gasteiger charge is -2.54. The molecule has 0 aromatic heterocycles. The van der Waals surface area contributed by atoms with Crippen molar-refractivity contribution in [2.45, 2.75) is 160 Å². The van der Waals surface area contributed by atoms with E-state index >= 15 is 0 Å². The monoisotopic (exact) mass is 586 g/mol. The number of hydroxylamine groups is 4. The van der Waals surface area contributed by atoms with E-state index in [1.807, 2.05) is 23.3 Å². The van der Waals surface area contributed by atoms with Gasteiger partial charge in [0.1, 0.15) is 12.2 Å². The molecule has 1 saturated carbocycles. The lowest BCUT2D eigenvalue weighted by Crippen LogP contribution is -2.63. The normalized spacial score (nSPS) is 25.1. The average molecular weight is 587 g/mol. The largest absolute Gasteiger partial charge is 0.462 e. The predicted molar refractivity (Wildman–Crippen MR) is 163 cm³/mol. The molecular weight excluding hydrogens is 532 g/mol. The summed E-state index contributed by atoms with van der Waals surface area (Å²) in [5, 5.41) is 4.17. The maximum absolute atomic E-state index is 13.0. The van der Waals surface area contributed by atoms with Gasteiger partial charge in [-0.1, -0.05) is 37.5 Å². The standard InChI is InChI=1S/C34H54N2O6/c1-31(2)23-28(41-30(38)25-15-11-9-12-16-25)24-32(3,4)35(31)39-20-19-29(37)40-27-21-33(5,6)36(34(7,8)22-27)42-26-17-13-10-14-18-26/h9,11-12,15-16,26-28H,10,13-14,17-24H2,1-8H3. The van der Waals surface area contributed by atoms with E-state index in [0.717, 1.165) is 25.7 Å². The molecule has 0 atom stereocenters. The van der Waals surface area contributed by atoms with Gasteiger partial charge in [-0.15, -0.1) is 0 Å². The van der Waals surface area contributed by atoms with Crippen molar-refractivity contribution in [2.75, 3.05) is 6.61 Å². The summed E-state index contributed by atoms with van der Waals surface area (Å²) in [5.41, 5.74) is -0.732. The van der Waals surface area contributed by atoms with Gasteiger partial charge in [-0.05, 0) is 80.4 Å². The van der Waals surface area contributed by atoms with Crippen molar-refractivity contribution in [3.05, 3.63) is 35.9 Å². The Kier molecular flexibility index (Phi) is 10.1. The van der Waals surface area contributed by atoms with Crippen LogP contribution in [-0.2, 0) is 23.9 Å². The van der Waals surface area contributed by atoms with Crippen LogP contribution in [0.4, 0.5) is 0 Å². The predicted octanol–water partition coefficient (Wildman–Crippen LogP) is 7.02. The van der Waals surface area contributed by atoms with E-state index in [-0.39, 0.29) is 54.4 Å². The van der Waals surface area contributed by atoms with Gasteiger partial charge in [-0.3, -0.25) is 14.5 Å². The Hall–Kier alpha value is -2.00. The first-order chi connectivity index (χ1) is 19.6. The molecule has 3 aliphatic rings. The van der Waals surface area contributed by atoms with Crippen molar-refractivity contribution in [3.63, 3.8) is 0 Å². The summed E-state index contributed by atoms with van der Waals surface area (Å²) in [6.07, 6.45) is 8.77. The Labute approximate surface area is 253 Å². The number of ether oxygens (including phenoxy) is 2. The molecular formula is C34H54N2O6. The van der Waals surface area contributed by atoms with Crippen molar-refractivity contribution >= 4 is 11.9 Å². The van der Waals surface area contributed by atoms with Crippen LogP contribution in [0.3, 0.4) is 0 Å². The summed E-state index contributed by atoms with van der Waals surface area (Å²) in [7, 11) is 0. The number of hydrogen-bond acceptors (Lipinski definition) is 8. The van der Waals surface area contributed by atoms with Gasteiger partial charge in [0.2, 0.25) is 0 Å². The zero-order valence-electron chi connectivity index (χ0n) is 27.2. The second-order valence-electron chi connectivity index (χ2n) is 15.1. The second-order valence-corrected chi connectivity index (χ2v) is 15.1. The van der Waals surface area contributed by atoms with Gasteiger partial charge >= 0.3 is 11.9 Å². The van der Waals surface area contributed by atoms with Crippen LogP contribution in [-0.4, -0.2) is 69.1 Å². The van der Waals surface area contributed by atoms with Gasteiger partial charge in [0, 0.05) is 47.8 Å². The van der Waals surface area contributed by atoms with Crippen LogP contribution in [0, 0.1) is 0 Å². The minimum Gasteiger partial charge on any atom is -0.462 e. The molecule has 0 bridgehead atoms. The number of piperidine rings is 2. The molecule has 0 N–H and O–H groups in total. The maximum Gasteiger partial charge on any atom is 0.338 e. The fraction of sp³-hybridized carbons (Fsp3) is 0.765. The van der Waals surface area contributed by atoms with Crippen molar-refractivity contribution in [1.29, 1.82) is 0 Å². The Morgan fingerprint density at radius 2 is 1.19 bits per heavy atom. The number of hydrogen-bond donors (Lipinski definition) is 0. The summed E-state index contributed by atoms with van der Waals surface area (Å²) in [4.78, 5) is 38.5. The van der Waals surface area contributed by atoms with Crippen LogP contribution in [0.2, 0.25) is 0 Å². The topological polar surface area (TPSA) is 77.5 Å². The Morgan fingerprint density at radius 3 is 1.74 bits per heavy atom. The molecule has 2 saturated heterocycles. The highest BCUT2D eigenvalue weighted by Gasteiger charge is 2.50. The van der Waals surface area contributed by atoms with E-state index in [2.05, 4.69) is 60.5 Å². The van der Waals surface area contributed by atoms with E-state index in [4.69, 9.17) is 19.1 Å². The van der Waals surface area contributed by atoms with Gasteiger partial charge in [0.05, 0.1) is 24.7 Å². The lowest BCUT2D eigenvalue weighted by atomic mass is 9.80. The molecule has 2 heterocycles. The summed E-state index contributed by atoms with van der Waals surface area (Å²) < 4.78 is 11.9. The molecule has 1 aliphatic carbocycles. The number of esters is 2. The van der Waals surface area contributed by atoms with Crippen molar-refractivity contribution in [1.82, 2.24) is 10.1 Å².